The molecule has 3 rings (SSSR count). The predicted molar refractivity (Wildman–Crippen MR) is 101 cm³/mol. The van der Waals surface area contributed by atoms with E-state index in [-0.39, 0.29) is 18.9 Å². The molecule has 1 aliphatic rings. The van der Waals surface area contributed by atoms with Crippen molar-refractivity contribution in [3.63, 3.8) is 0 Å². The number of nitrogens with zero attached hydrogens (tertiary/aromatic N) is 1. The Balaban J connectivity index is 1.67. The van der Waals surface area contributed by atoms with E-state index in [1.54, 1.807) is 24.3 Å². The van der Waals surface area contributed by atoms with Gasteiger partial charge in [0.05, 0.1) is 26.6 Å². The quantitative estimate of drug-likeness (QED) is 0.539. The smallest absolute Gasteiger partial charge is 0.329 e. The normalized spacial score (nSPS) is 18.2. The van der Waals surface area contributed by atoms with E-state index in [0.29, 0.717) is 11.4 Å². The lowest BCUT2D eigenvalue weighted by atomic mass is 9.84. The number of ether oxygens (including phenoxy) is 3. The summed E-state index contributed by atoms with van der Waals surface area (Å²) >= 11 is 0. The third kappa shape index (κ3) is 3.98. The van der Waals surface area contributed by atoms with Gasteiger partial charge in [-0.1, -0.05) is 30.3 Å². The van der Waals surface area contributed by atoms with Crippen LogP contribution in [0.2, 0.25) is 0 Å². The number of rotatable bonds is 7. The standard InChI is InChI=1S/C21H21NO6/c1-26-16-10-8-15(9-11-16)22-19(21(25)27-2)17(20(22)24)12-18(23)28-13-14-6-4-3-5-7-14/h3-11,17,19H,12-13H2,1-2H3/t17-,19-/m0/s1. The van der Waals surface area contributed by atoms with Crippen LogP contribution in [-0.4, -0.2) is 38.1 Å². The summed E-state index contributed by atoms with van der Waals surface area (Å²) in [6.07, 6.45) is -0.182. The Morgan fingerprint density at radius 2 is 1.68 bits per heavy atom. The monoisotopic (exact) mass is 383 g/mol. The van der Waals surface area contributed by atoms with E-state index in [1.165, 1.54) is 19.1 Å². The van der Waals surface area contributed by atoms with Crippen molar-refractivity contribution in [1.82, 2.24) is 0 Å². The van der Waals surface area contributed by atoms with Gasteiger partial charge in [-0.05, 0) is 29.8 Å². The van der Waals surface area contributed by atoms with Crippen molar-refractivity contribution in [2.75, 3.05) is 19.1 Å². The molecule has 0 unspecified atom stereocenters. The average molecular weight is 383 g/mol. The second kappa shape index (κ2) is 8.56. The summed E-state index contributed by atoms with van der Waals surface area (Å²) in [6.45, 7) is 0.117. The summed E-state index contributed by atoms with van der Waals surface area (Å²) in [5.41, 5.74) is 1.38. The highest BCUT2D eigenvalue weighted by Crippen LogP contribution is 2.36. The zero-order valence-corrected chi connectivity index (χ0v) is 15.7. The van der Waals surface area contributed by atoms with E-state index < -0.39 is 23.9 Å². The zero-order chi connectivity index (χ0) is 20.1. The van der Waals surface area contributed by atoms with Crippen molar-refractivity contribution < 1.29 is 28.6 Å². The fraction of sp³-hybridized carbons (Fsp3) is 0.286. The molecule has 146 valence electrons. The van der Waals surface area contributed by atoms with Crippen LogP contribution in [0.3, 0.4) is 0 Å². The summed E-state index contributed by atoms with van der Waals surface area (Å²) in [4.78, 5) is 38.4. The molecule has 2 aromatic rings. The first-order valence-electron chi connectivity index (χ1n) is 8.79. The molecule has 0 aromatic heterocycles. The summed E-state index contributed by atoms with van der Waals surface area (Å²) in [6, 6.07) is 15.1. The van der Waals surface area contributed by atoms with Crippen molar-refractivity contribution in [1.29, 1.82) is 0 Å². The second-order valence-corrected chi connectivity index (χ2v) is 6.33. The van der Waals surface area contributed by atoms with E-state index in [0.717, 1.165) is 5.56 Å². The Hall–Kier alpha value is -3.35. The first-order valence-corrected chi connectivity index (χ1v) is 8.79. The molecule has 2 atom stereocenters. The van der Waals surface area contributed by atoms with E-state index in [4.69, 9.17) is 14.2 Å². The van der Waals surface area contributed by atoms with E-state index in [1.807, 2.05) is 30.3 Å². The van der Waals surface area contributed by atoms with Gasteiger partial charge in [0, 0.05) is 5.69 Å². The maximum atomic E-state index is 12.6. The lowest BCUT2D eigenvalue weighted by molar-refractivity contribution is -0.156. The first kappa shape index (κ1) is 19.4. The lowest BCUT2D eigenvalue weighted by Crippen LogP contribution is -2.65. The number of β-lactam (4-membered cyclic amide) rings is 1. The van der Waals surface area contributed by atoms with Crippen LogP contribution in [0.1, 0.15) is 12.0 Å². The van der Waals surface area contributed by atoms with Crippen LogP contribution in [0.5, 0.6) is 5.75 Å². The van der Waals surface area contributed by atoms with Gasteiger partial charge < -0.3 is 14.2 Å². The summed E-state index contributed by atoms with van der Waals surface area (Å²) in [5.74, 6) is -1.61. The van der Waals surface area contributed by atoms with Crippen molar-refractivity contribution in [2.45, 2.75) is 19.1 Å². The van der Waals surface area contributed by atoms with Crippen LogP contribution in [0.4, 0.5) is 5.69 Å². The van der Waals surface area contributed by atoms with Gasteiger partial charge in [0.2, 0.25) is 5.91 Å². The molecule has 1 fully saturated rings. The van der Waals surface area contributed by atoms with Gasteiger partial charge in [-0.3, -0.25) is 14.5 Å². The van der Waals surface area contributed by atoms with Gasteiger partial charge >= 0.3 is 11.9 Å². The SMILES string of the molecule is COC(=O)[C@@H]1[C@H](CC(=O)OCc2ccccc2)C(=O)N1c1ccc(OC)cc1. The molecule has 0 spiro atoms. The topological polar surface area (TPSA) is 82.1 Å². The molecule has 1 saturated heterocycles. The minimum absolute atomic E-state index is 0.117. The number of hydrogen-bond donors (Lipinski definition) is 0. The third-order valence-electron chi connectivity index (χ3n) is 4.64. The third-order valence-corrected chi connectivity index (χ3v) is 4.64. The molecule has 0 saturated carbocycles. The lowest BCUT2D eigenvalue weighted by Gasteiger charge is -2.44. The zero-order valence-electron chi connectivity index (χ0n) is 15.7. The maximum absolute atomic E-state index is 12.6. The average Bonchev–Trinajstić information content (AvgIpc) is 2.74. The second-order valence-electron chi connectivity index (χ2n) is 6.33. The molecule has 28 heavy (non-hydrogen) atoms. The highest BCUT2D eigenvalue weighted by molar-refractivity contribution is 6.11. The van der Waals surface area contributed by atoms with Crippen molar-refractivity contribution in [2.24, 2.45) is 5.92 Å². The van der Waals surface area contributed by atoms with Gasteiger partial charge in [0.15, 0.2) is 0 Å². The molecule has 1 heterocycles. The van der Waals surface area contributed by atoms with Crippen molar-refractivity contribution in [3.05, 3.63) is 60.2 Å². The van der Waals surface area contributed by atoms with Crippen LogP contribution in [-0.2, 0) is 30.5 Å². The minimum atomic E-state index is -0.866. The number of hydrogen-bond acceptors (Lipinski definition) is 6. The number of methoxy groups -OCH3 is 2. The van der Waals surface area contributed by atoms with Gasteiger partial charge in [-0.25, -0.2) is 4.79 Å². The Labute approximate surface area is 162 Å². The Bertz CT molecular complexity index is 849. The molecule has 2 aromatic carbocycles. The van der Waals surface area contributed by atoms with Crippen LogP contribution < -0.4 is 9.64 Å². The Morgan fingerprint density at radius 3 is 2.29 bits per heavy atom. The van der Waals surface area contributed by atoms with Crippen LogP contribution in [0.15, 0.2) is 54.6 Å². The van der Waals surface area contributed by atoms with Gasteiger partial charge in [0.25, 0.3) is 0 Å². The number of benzene rings is 2. The number of esters is 2. The summed E-state index contributed by atoms with van der Waals surface area (Å²) in [7, 11) is 2.79. The fourth-order valence-electron chi connectivity index (χ4n) is 3.15. The first-order chi connectivity index (χ1) is 13.5. The number of anilines is 1. The number of carbonyl (C=O) groups excluding carboxylic acids is 3. The molecular formula is C21H21NO6. The highest BCUT2D eigenvalue weighted by Gasteiger charge is 2.53. The van der Waals surface area contributed by atoms with Crippen molar-refractivity contribution in [3.8, 4) is 5.75 Å². The molecule has 0 N–H and O–H groups in total. The molecule has 1 aliphatic heterocycles. The van der Waals surface area contributed by atoms with Crippen LogP contribution in [0, 0.1) is 5.92 Å². The van der Waals surface area contributed by atoms with Crippen LogP contribution in [0.25, 0.3) is 0 Å². The number of amides is 1. The summed E-state index contributed by atoms with van der Waals surface area (Å²) in [5, 5.41) is 0. The molecule has 0 radical (unpaired) electrons. The predicted octanol–water partition coefficient (Wildman–Crippen LogP) is 2.33. The van der Waals surface area contributed by atoms with Crippen LogP contribution >= 0.6 is 0 Å². The van der Waals surface area contributed by atoms with Gasteiger partial charge in [-0.15, -0.1) is 0 Å². The molecule has 0 aliphatic carbocycles. The molecule has 0 bridgehead atoms. The molecule has 1 amide bonds. The minimum Gasteiger partial charge on any atom is -0.497 e. The Kier molecular flexibility index (Phi) is 5.93. The van der Waals surface area contributed by atoms with E-state index in [2.05, 4.69) is 0 Å². The molecular weight excluding hydrogens is 362 g/mol. The maximum Gasteiger partial charge on any atom is 0.329 e. The Morgan fingerprint density at radius 1 is 1.00 bits per heavy atom. The molecule has 7 nitrogen and oxygen atoms in total. The van der Waals surface area contributed by atoms with E-state index in [9.17, 15) is 14.4 Å². The highest BCUT2D eigenvalue weighted by atomic mass is 16.5. The molecule has 7 heteroatoms. The van der Waals surface area contributed by atoms with Gasteiger partial charge in [0.1, 0.15) is 18.4 Å². The van der Waals surface area contributed by atoms with Crippen molar-refractivity contribution >= 4 is 23.5 Å². The number of carbonyl (C=O) groups is 3. The van der Waals surface area contributed by atoms with E-state index >= 15 is 0 Å². The summed E-state index contributed by atoms with van der Waals surface area (Å²) < 4.78 is 15.2. The largest absolute Gasteiger partial charge is 0.497 e. The fourth-order valence-corrected chi connectivity index (χ4v) is 3.15. The van der Waals surface area contributed by atoms with Gasteiger partial charge in [-0.2, -0.15) is 0 Å².